The first-order valence-corrected chi connectivity index (χ1v) is 10.1. The molecule has 5 rings (SSSR count). The van der Waals surface area contributed by atoms with Crippen LogP contribution in [0.2, 0.25) is 0 Å². The molecule has 142 valence electrons. The molecule has 7 heteroatoms. The van der Waals surface area contributed by atoms with E-state index in [2.05, 4.69) is 48.2 Å². The Labute approximate surface area is 159 Å². The quantitative estimate of drug-likeness (QED) is 0.882. The highest BCUT2D eigenvalue weighted by Crippen LogP contribution is 2.30. The fraction of sp³-hybridized carbons (Fsp3) is 0.550. The first-order chi connectivity index (χ1) is 13.3. The number of aromatic nitrogens is 2. The number of hydrogen-bond donors (Lipinski definition) is 1. The predicted molar refractivity (Wildman–Crippen MR) is 106 cm³/mol. The highest BCUT2D eigenvalue weighted by molar-refractivity contribution is 5.92. The first-order valence-electron chi connectivity index (χ1n) is 10.1. The van der Waals surface area contributed by atoms with Crippen molar-refractivity contribution in [3.63, 3.8) is 0 Å². The van der Waals surface area contributed by atoms with E-state index in [0.29, 0.717) is 0 Å². The lowest BCUT2D eigenvalue weighted by Crippen LogP contribution is -2.52. The molecule has 2 aromatic rings. The molecule has 0 bridgehead atoms. The highest BCUT2D eigenvalue weighted by atomic mass is 16.2. The molecule has 27 heavy (non-hydrogen) atoms. The van der Waals surface area contributed by atoms with E-state index in [-0.39, 0.29) is 11.9 Å². The van der Waals surface area contributed by atoms with Crippen LogP contribution in [0.15, 0.2) is 24.5 Å². The highest BCUT2D eigenvalue weighted by Gasteiger charge is 2.32. The Kier molecular flexibility index (Phi) is 4.32. The number of rotatable bonds is 3. The van der Waals surface area contributed by atoms with Crippen LogP contribution >= 0.6 is 0 Å². The van der Waals surface area contributed by atoms with E-state index in [4.69, 9.17) is 0 Å². The van der Waals surface area contributed by atoms with Crippen molar-refractivity contribution < 1.29 is 4.79 Å². The number of piperazine rings is 1. The second-order valence-corrected chi connectivity index (χ2v) is 7.71. The van der Waals surface area contributed by atoms with E-state index in [1.165, 1.54) is 18.5 Å². The molecular formula is C20H26N6O. The lowest BCUT2D eigenvalue weighted by Gasteiger charge is -2.38. The maximum absolute atomic E-state index is 11.9. The fourth-order valence-electron chi connectivity index (χ4n) is 4.63. The third kappa shape index (κ3) is 3.10. The van der Waals surface area contributed by atoms with Crippen LogP contribution < -0.4 is 15.1 Å². The van der Waals surface area contributed by atoms with Crippen LogP contribution in [0.3, 0.4) is 0 Å². The normalized spacial score (nSPS) is 24.0. The number of carbonyl (C=O) groups is 1. The topological polar surface area (TPSA) is 64.6 Å². The van der Waals surface area contributed by atoms with Crippen LogP contribution in [0.1, 0.15) is 19.3 Å². The van der Waals surface area contributed by atoms with E-state index in [0.717, 1.165) is 69.0 Å². The molecular weight excluding hydrogens is 340 g/mol. The maximum Gasteiger partial charge on any atom is 0.237 e. The van der Waals surface area contributed by atoms with Crippen molar-refractivity contribution in [2.24, 2.45) is 0 Å². The van der Waals surface area contributed by atoms with Gasteiger partial charge >= 0.3 is 0 Å². The average Bonchev–Trinajstić information content (AvgIpc) is 3.39. The average molecular weight is 366 g/mol. The van der Waals surface area contributed by atoms with Gasteiger partial charge < -0.3 is 15.1 Å². The van der Waals surface area contributed by atoms with Crippen LogP contribution in [0.4, 0.5) is 11.5 Å². The third-order valence-electron chi connectivity index (χ3n) is 6.14. The monoisotopic (exact) mass is 366 g/mol. The molecule has 0 aliphatic carbocycles. The number of hydrogen-bond acceptors (Lipinski definition) is 6. The van der Waals surface area contributed by atoms with Gasteiger partial charge in [-0.2, -0.15) is 0 Å². The van der Waals surface area contributed by atoms with E-state index in [9.17, 15) is 4.79 Å². The van der Waals surface area contributed by atoms with E-state index in [1.807, 2.05) is 0 Å². The van der Waals surface area contributed by atoms with Crippen molar-refractivity contribution in [3.05, 3.63) is 24.5 Å². The summed E-state index contributed by atoms with van der Waals surface area (Å²) in [5, 5.41) is 4.10. The molecule has 1 atom stereocenters. The van der Waals surface area contributed by atoms with Gasteiger partial charge in [-0.3, -0.25) is 9.69 Å². The molecule has 3 saturated heterocycles. The second kappa shape index (κ2) is 6.96. The van der Waals surface area contributed by atoms with Crippen molar-refractivity contribution in [1.29, 1.82) is 0 Å². The summed E-state index contributed by atoms with van der Waals surface area (Å²) in [7, 11) is 0. The standard InChI is InChI=1S/C20H26N6O/c27-20-18(5-6-21-20)25-11-9-24(10-12-25)15-3-4-17-16(13-15)19(23-14-22-17)26-7-1-2-8-26/h3-4,13-14,18H,1-2,5-12H2,(H,21,27). The molecule has 4 heterocycles. The molecule has 0 radical (unpaired) electrons. The Balaban J connectivity index is 1.36. The Morgan fingerprint density at radius 3 is 2.52 bits per heavy atom. The molecule has 1 aromatic carbocycles. The SMILES string of the molecule is O=C1NCCC1N1CCN(c2ccc3ncnc(N4CCCC4)c3c2)CC1. The second-order valence-electron chi connectivity index (χ2n) is 7.71. The van der Waals surface area contributed by atoms with Gasteiger partial charge in [0.1, 0.15) is 12.1 Å². The van der Waals surface area contributed by atoms with Gasteiger partial charge in [-0.25, -0.2) is 9.97 Å². The molecule has 3 aliphatic heterocycles. The molecule has 1 amide bonds. The lowest BCUT2D eigenvalue weighted by atomic mass is 10.1. The number of benzene rings is 1. The lowest BCUT2D eigenvalue weighted by molar-refractivity contribution is -0.123. The van der Waals surface area contributed by atoms with Gasteiger partial charge in [-0.1, -0.05) is 0 Å². The van der Waals surface area contributed by atoms with Gasteiger partial charge in [-0.05, 0) is 37.5 Å². The van der Waals surface area contributed by atoms with Crippen molar-refractivity contribution in [3.8, 4) is 0 Å². The fourth-order valence-corrected chi connectivity index (χ4v) is 4.63. The zero-order chi connectivity index (χ0) is 18.2. The van der Waals surface area contributed by atoms with Crippen molar-refractivity contribution in [1.82, 2.24) is 20.2 Å². The van der Waals surface area contributed by atoms with Crippen LogP contribution in [0.25, 0.3) is 10.9 Å². The van der Waals surface area contributed by atoms with Crippen LogP contribution in [-0.2, 0) is 4.79 Å². The Morgan fingerprint density at radius 1 is 0.963 bits per heavy atom. The Hall–Kier alpha value is -2.41. The summed E-state index contributed by atoms with van der Waals surface area (Å²) in [6.45, 7) is 6.73. The van der Waals surface area contributed by atoms with Crippen molar-refractivity contribution in [2.45, 2.75) is 25.3 Å². The van der Waals surface area contributed by atoms with Gasteiger partial charge in [0.15, 0.2) is 0 Å². The van der Waals surface area contributed by atoms with Gasteiger partial charge in [0.2, 0.25) is 5.91 Å². The summed E-state index contributed by atoms with van der Waals surface area (Å²) >= 11 is 0. The number of amides is 1. The minimum Gasteiger partial charge on any atom is -0.369 e. The molecule has 0 spiro atoms. The van der Waals surface area contributed by atoms with Crippen LogP contribution in [0.5, 0.6) is 0 Å². The largest absolute Gasteiger partial charge is 0.369 e. The van der Waals surface area contributed by atoms with Gasteiger partial charge in [0.25, 0.3) is 0 Å². The number of fused-ring (bicyclic) bond motifs is 1. The summed E-state index contributed by atoms with van der Waals surface area (Å²) in [5.74, 6) is 1.27. The summed E-state index contributed by atoms with van der Waals surface area (Å²) in [4.78, 5) is 28.1. The molecule has 3 fully saturated rings. The predicted octanol–water partition coefficient (Wildman–Crippen LogP) is 1.24. The first kappa shape index (κ1) is 16.7. The van der Waals surface area contributed by atoms with Gasteiger partial charge in [0, 0.05) is 56.9 Å². The molecule has 0 saturated carbocycles. The smallest absolute Gasteiger partial charge is 0.237 e. The Morgan fingerprint density at radius 2 is 1.78 bits per heavy atom. The maximum atomic E-state index is 11.9. The van der Waals surface area contributed by atoms with Crippen molar-refractivity contribution >= 4 is 28.3 Å². The van der Waals surface area contributed by atoms with E-state index >= 15 is 0 Å². The zero-order valence-electron chi connectivity index (χ0n) is 15.6. The van der Waals surface area contributed by atoms with E-state index in [1.54, 1.807) is 6.33 Å². The summed E-state index contributed by atoms with van der Waals surface area (Å²) in [6.07, 6.45) is 5.09. The third-order valence-corrected chi connectivity index (χ3v) is 6.14. The number of anilines is 2. The minimum atomic E-state index is 0.0684. The Bertz CT molecular complexity index is 841. The van der Waals surface area contributed by atoms with Crippen molar-refractivity contribution in [2.75, 3.05) is 55.6 Å². The minimum absolute atomic E-state index is 0.0684. The summed E-state index contributed by atoms with van der Waals surface area (Å²) < 4.78 is 0. The molecule has 1 unspecified atom stereocenters. The summed E-state index contributed by atoms with van der Waals surface area (Å²) in [6, 6.07) is 6.60. The zero-order valence-corrected chi connectivity index (χ0v) is 15.6. The van der Waals surface area contributed by atoms with Gasteiger partial charge in [-0.15, -0.1) is 0 Å². The molecule has 7 nitrogen and oxygen atoms in total. The molecule has 3 aliphatic rings. The number of nitrogens with zero attached hydrogens (tertiary/aromatic N) is 5. The van der Waals surface area contributed by atoms with Gasteiger partial charge in [0.05, 0.1) is 11.6 Å². The van der Waals surface area contributed by atoms with E-state index < -0.39 is 0 Å². The number of nitrogens with one attached hydrogen (secondary N) is 1. The summed E-state index contributed by atoms with van der Waals surface area (Å²) in [5.41, 5.74) is 2.24. The van der Waals surface area contributed by atoms with Crippen LogP contribution in [-0.4, -0.2) is 72.6 Å². The molecule has 1 aromatic heterocycles. The number of carbonyl (C=O) groups excluding carboxylic acids is 1. The molecule has 1 N–H and O–H groups in total. The van der Waals surface area contributed by atoms with Crippen LogP contribution in [0, 0.1) is 0 Å².